The number of anilines is 1. The largest absolute Gasteiger partial charge is 0.280 e. The summed E-state index contributed by atoms with van der Waals surface area (Å²) in [5.41, 5.74) is 1.35. The van der Waals surface area contributed by atoms with Crippen LogP contribution in [-0.4, -0.2) is 8.42 Å². The van der Waals surface area contributed by atoms with E-state index in [-0.39, 0.29) is 9.92 Å². The summed E-state index contributed by atoms with van der Waals surface area (Å²) < 4.78 is 39.6. The van der Waals surface area contributed by atoms with Gasteiger partial charge in [-0.1, -0.05) is 23.7 Å². The molecule has 6 heteroatoms. The topological polar surface area (TPSA) is 46.2 Å². The summed E-state index contributed by atoms with van der Waals surface area (Å²) in [5, 5.41) is -0.153. The predicted molar refractivity (Wildman–Crippen MR) is 73.4 cm³/mol. The zero-order valence-electron chi connectivity index (χ0n) is 10.0. The molecule has 0 heterocycles. The Kier molecular flexibility index (Phi) is 3.78. The zero-order valence-corrected chi connectivity index (χ0v) is 11.6. The van der Waals surface area contributed by atoms with Crippen LogP contribution in [0.15, 0.2) is 47.4 Å². The van der Waals surface area contributed by atoms with Crippen LogP contribution < -0.4 is 4.72 Å². The highest BCUT2D eigenvalue weighted by atomic mass is 35.5. The van der Waals surface area contributed by atoms with Crippen LogP contribution in [0.4, 0.5) is 10.1 Å². The van der Waals surface area contributed by atoms with Crippen molar-refractivity contribution in [3.05, 3.63) is 58.9 Å². The molecule has 2 aromatic carbocycles. The number of halogens is 2. The van der Waals surface area contributed by atoms with Gasteiger partial charge in [-0.25, -0.2) is 12.8 Å². The lowest BCUT2D eigenvalue weighted by Crippen LogP contribution is -2.13. The van der Waals surface area contributed by atoms with Crippen molar-refractivity contribution < 1.29 is 12.8 Å². The third kappa shape index (κ3) is 3.24. The number of hydrogen-bond acceptors (Lipinski definition) is 2. The number of aryl methyl sites for hydroxylation is 1. The summed E-state index contributed by atoms with van der Waals surface area (Å²) in [4.78, 5) is -0.155. The molecule has 2 rings (SSSR count). The highest BCUT2D eigenvalue weighted by Crippen LogP contribution is 2.24. The smallest absolute Gasteiger partial charge is 0.263 e. The van der Waals surface area contributed by atoms with Crippen LogP contribution in [0.1, 0.15) is 5.56 Å². The van der Waals surface area contributed by atoms with Gasteiger partial charge in [-0.05, 0) is 42.8 Å². The molecule has 0 bridgehead atoms. The van der Waals surface area contributed by atoms with Crippen molar-refractivity contribution in [3.8, 4) is 0 Å². The molecule has 0 aliphatic heterocycles. The summed E-state index contributed by atoms with van der Waals surface area (Å²) >= 11 is 5.75. The van der Waals surface area contributed by atoms with Crippen LogP contribution in [0.2, 0.25) is 5.02 Å². The van der Waals surface area contributed by atoms with Gasteiger partial charge in [-0.2, -0.15) is 0 Å². The molecule has 0 saturated heterocycles. The van der Waals surface area contributed by atoms with Crippen LogP contribution in [-0.2, 0) is 10.0 Å². The van der Waals surface area contributed by atoms with Gasteiger partial charge in [0.15, 0.2) is 0 Å². The maximum atomic E-state index is 12.9. The van der Waals surface area contributed by atoms with E-state index < -0.39 is 15.8 Å². The minimum absolute atomic E-state index is 0.153. The normalized spacial score (nSPS) is 11.3. The maximum Gasteiger partial charge on any atom is 0.263 e. The van der Waals surface area contributed by atoms with Gasteiger partial charge in [0, 0.05) is 5.69 Å². The fourth-order valence-electron chi connectivity index (χ4n) is 1.61. The first kappa shape index (κ1) is 13.8. The molecule has 0 fully saturated rings. The van der Waals surface area contributed by atoms with E-state index in [4.69, 9.17) is 11.6 Å². The Hall–Kier alpha value is -1.59. The number of benzene rings is 2. The average molecular weight is 300 g/mol. The van der Waals surface area contributed by atoms with Crippen molar-refractivity contribution in [1.29, 1.82) is 0 Å². The fraction of sp³-hybridized carbons (Fsp3) is 0.0769. The van der Waals surface area contributed by atoms with Crippen LogP contribution in [0.5, 0.6) is 0 Å². The van der Waals surface area contributed by atoms with Gasteiger partial charge in [0.2, 0.25) is 0 Å². The molecule has 0 atom stereocenters. The minimum Gasteiger partial charge on any atom is -0.280 e. The number of hydrogen-bond donors (Lipinski definition) is 1. The molecule has 2 aromatic rings. The molecule has 0 aliphatic carbocycles. The second kappa shape index (κ2) is 5.19. The lowest BCUT2D eigenvalue weighted by atomic mass is 10.2. The van der Waals surface area contributed by atoms with Crippen LogP contribution >= 0.6 is 11.6 Å². The summed E-state index contributed by atoms with van der Waals surface area (Å²) in [6.07, 6.45) is 0. The monoisotopic (exact) mass is 299 g/mol. The first-order chi connectivity index (χ1) is 8.88. The lowest BCUT2D eigenvalue weighted by molar-refractivity contribution is 0.600. The third-order valence-electron chi connectivity index (χ3n) is 2.45. The Balaban J connectivity index is 2.38. The van der Waals surface area contributed by atoms with Crippen molar-refractivity contribution in [2.24, 2.45) is 0 Å². The molecule has 0 radical (unpaired) electrons. The minimum atomic E-state index is -3.83. The van der Waals surface area contributed by atoms with Gasteiger partial charge >= 0.3 is 0 Å². The van der Waals surface area contributed by atoms with Crippen molar-refractivity contribution in [2.45, 2.75) is 11.8 Å². The highest BCUT2D eigenvalue weighted by Gasteiger charge is 2.18. The lowest BCUT2D eigenvalue weighted by Gasteiger charge is -2.10. The molecule has 0 amide bonds. The standard InChI is InChI=1S/C13H11ClFNO2S/c1-9-3-2-4-11(7-9)16-19(17,18)13-6-5-10(15)8-12(13)14/h2-8,16H,1H3. The second-order valence-electron chi connectivity index (χ2n) is 4.05. The summed E-state index contributed by atoms with van der Waals surface area (Å²) in [6.45, 7) is 1.85. The average Bonchev–Trinajstić information content (AvgIpc) is 2.27. The van der Waals surface area contributed by atoms with Gasteiger partial charge in [0.05, 0.1) is 5.02 Å². The summed E-state index contributed by atoms with van der Waals surface area (Å²) in [7, 11) is -3.83. The second-order valence-corrected chi connectivity index (χ2v) is 6.11. The summed E-state index contributed by atoms with van der Waals surface area (Å²) in [6, 6.07) is 10.1. The molecule has 0 aliphatic rings. The van der Waals surface area contributed by atoms with Gasteiger partial charge in [-0.15, -0.1) is 0 Å². The maximum absolute atomic E-state index is 12.9. The molecule has 100 valence electrons. The van der Waals surface area contributed by atoms with E-state index in [1.807, 2.05) is 13.0 Å². The van der Waals surface area contributed by atoms with Crippen molar-refractivity contribution >= 4 is 27.3 Å². The number of nitrogens with one attached hydrogen (secondary N) is 1. The summed E-state index contributed by atoms with van der Waals surface area (Å²) in [5.74, 6) is -0.584. The van der Waals surface area contributed by atoms with E-state index >= 15 is 0 Å². The molecule has 19 heavy (non-hydrogen) atoms. The Morgan fingerprint density at radius 1 is 1.16 bits per heavy atom. The Labute approximate surface area is 116 Å². The fourth-order valence-corrected chi connectivity index (χ4v) is 3.19. The number of rotatable bonds is 3. The van der Waals surface area contributed by atoms with E-state index in [0.29, 0.717) is 5.69 Å². The molecular formula is C13H11ClFNO2S. The molecule has 3 nitrogen and oxygen atoms in total. The number of sulfonamides is 1. The molecule has 0 spiro atoms. The van der Waals surface area contributed by atoms with Gasteiger partial charge in [-0.3, -0.25) is 4.72 Å². The zero-order chi connectivity index (χ0) is 14.0. The highest BCUT2D eigenvalue weighted by molar-refractivity contribution is 7.92. The SMILES string of the molecule is Cc1cccc(NS(=O)(=O)c2ccc(F)cc2Cl)c1. The first-order valence-electron chi connectivity index (χ1n) is 5.43. The quantitative estimate of drug-likeness (QED) is 0.941. The van der Waals surface area contributed by atoms with E-state index in [1.54, 1.807) is 18.2 Å². The van der Waals surface area contributed by atoms with E-state index in [1.165, 1.54) is 0 Å². The predicted octanol–water partition coefficient (Wildman–Crippen LogP) is 3.59. The third-order valence-corrected chi connectivity index (χ3v) is 4.32. The Morgan fingerprint density at radius 3 is 2.53 bits per heavy atom. The van der Waals surface area contributed by atoms with Crippen LogP contribution in [0.3, 0.4) is 0 Å². The molecule has 0 unspecified atom stereocenters. The van der Waals surface area contributed by atoms with Crippen LogP contribution in [0.25, 0.3) is 0 Å². The van der Waals surface area contributed by atoms with Crippen molar-refractivity contribution in [3.63, 3.8) is 0 Å². The molecular weight excluding hydrogens is 289 g/mol. The van der Waals surface area contributed by atoms with Crippen molar-refractivity contribution in [2.75, 3.05) is 4.72 Å². The van der Waals surface area contributed by atoms with Crippen LogP contribution in [0, 0.1) is 12.7 Å². The molecule has 1 N–H and O–H groups in total. The van der Waals surface area contributed by atoms with Gasteiger partial charge in [0.1, 0.15) is 10.7 Å². The van der Waals surface area contributed by atoms with Gasteiger partial charge < -0.3 is 0 Å². The first-order valence-corrected chi connectivity index (χ1v) is 7.29. The molecule has 0 aromatic heterocycles. The Bertz CT molecular complexity index is 716. The van der Waals surface area contributed by atoms with Crippen molar-refractivity contribution in [1.82, 2.24) is 0 Å². The van der Waals surface area contributed by atoms with E-state index in [2.05, 4.69) is 4.72 Å². The van der Waals surface area contributed by atoms with E-state index in [9.17, 15) is 12.8 Å². The molecule has 0 saturated carbocycles. The Morgan fingerprint density at radius 2 is 1.89 bits per heavy atom. The van der Waals surface area contributed by atoms with Gasteiger partial charge in [0.25, 0.3) is 10.0 Å². The van der Waals surface area contributed by atoms with E-state index in [0.717, 1.165) is 23.8 Å².